The molecule has 116 valence electrons. The second-order valence-electron chi connectivity index (χ2n) is 4.23. The molecule has 2 aromatic heterocycles. The minimum Gasteiger partial charge on any atom is -0.364 e. The average Bonchev–Trinajstić information content (AvgIpc) is 3.15. The molecule has 3 aromatic rings. The zero-order valence-corrected chi connectivity index (χ0v) is 13.0. The first-order valence-corrected chi connectivity index (χ1v) is 7.78. The SMILES string of the molecule is NC(=O)c1nnsc1Sc1c(C(N)=O)nnn1-c1ccccc1. The van der Waals surface area contributed by atoms with Crippen LogP contribution in [0.2, 0.25) is 0 Å². The first-order chi connectivity index (χ1) is 11.1. The van der Waals surface area contributed by atoms with E-state index in [0.29, 0.717) is 14.9 Å². The first-order valence-electron chi connectivity index (χ1n) is 6.19. The molecule has 0 spiro atoms. The lowest BCUT2D eigenvalue weighted by molar-refractivity contribution is 0.0985. The average molecular weight is 347 g/mol. The van der Waals surface area contributed by atoms with Gasteiger partial charge in [-0.15, -0.1) is 10.2 Å². The highest BCUT2D eigenvalue weighted by atomic mass is 32.2. The number of nitrogens with zero attached hydrogens (tertiary/aromatic N) is 5. The first kappa shape index (κ1) is 15.1. The van der Waals surface area contributed by atoms with Crippen LogP contribution in [0.3, 0.4) is 0 Å². The van der Waals surface area contributed by atoms with Crippen LogP contribution in [0.5, 0.6) is 0 Å². The molecule has 0 aliphatic heterocycles. The molecule has 0 fully saturated rings. The van der Waals surface area contributed by atoms with Crippen LogP contribution in [0.1, 0.15) is 21.0 Å². The molecule has 2 heterocycles. The van der Waals surface area contributed by atoms with Crippen molar-refractivity contribution >= 4 is 35.1 Å². The fraction of sp³-hybridized carbons (Fsp3) is 0. The Labute approximate surface area is 137 Å². The summed E-state index contributed by atoms with van der Waals surface area (Å²) in [6.45, 7) is 0. The Balaban J connectivity index is 2.10. The summed E-state index contributed by atoms with van der Waals surface area (Å²) < 4.78 is 5.59. The number of aromatic nitrogens is 5. The molecule has 0 bridgehead atoms. The molecule has 0 unspecified atom stereocenters. The molecule has 11 heteroatoms. The van der Waals surface area contributed by atoms with E-state index in [-0.39, 0.29) is 11.4 Å². The van der Waals surface area contributed by atoms with Gasteiger partial charge in [0.15, 0.2) is 11.4 Å². The molecule has 0 atom stereocenters. The maximum atomic E-state index is 11.6. The standard InChI is InChI=1S/C12H9N7O2S2/c13-9(20)7-11(22-12-8(10(14)21)16-18-23-12)19(17-15-7)6-4-2-1-3-5-6/h1-5H,(H2,13,20)(H2,14,21). The summed E-state index contributed by atoms with van der Waals surface area (Å²) in [6.07, 6.45) is 0. The van der Waals surface area contributed by atoms with Crippen molar-refractivity contribution in [1.82, 2.24) is 24.6 Å². The number of amides is 2. The second kappa shape index (κ2) is 6.14. The van der Waals surface area contributed by atoms with Crippen molar-refractivity contribution < 1.29 is 9.59 Å². The zero-order chi connectivity index (χ0) is 16.4. The summed E-state index contributed by atoms with van der Waals surface area (Å²) in [5.74, 6) is -1.44. The van der Waals surface area contributed by atoms with Gasteiger partial charge < -0.3 is 11.5 Å². The number of benzene rings is 1. The Bertz CT molecular complexity index is 875. The minimum atomic E-state index is -0.729. The van der Waals surface area contributed by atoms with Gasteiger partial charge >= 0.3 is 0 Å². The molecular weight excluding hydrogens is 338 g/mol. The van der Waals surface area contributed by atoms with E-state index in [1.807, 2.05) is 18.2 Å². The van der Waals surface area contributed by atoms with Gasteiger partial charge in [-0.3, -0.25) is 9.59 Å². The van der Waals surface area contributed by atoms with Crippen LogP contribution >= 0.6 is 23.3 Å². The van der Waals surface area contributed by atoms with Gasteiger partial charge in [-0.1, -0.05) is 39.7 Å². The molecule has 0 aliphatic carbocycles. The van der Waals surface area contributed by atoms with Gasteiger partial charge in [0.05, 0.1) is 5.69 Å². The van der Waals surface area contributed by atoms with E-state index in [9.17, 15) is 9.59 Å². The van der Waals surface area contributed by atoms with Gasteiger partial charge in [-0.2, -0.15) is 0 Å². The molecule has 1 aromatic carbocycles. The van der Waals surface area contributed by atoms with Crippen LogP contribution in [0.15, 0.2) is 39.6 Å². The minimum absolute atomic E-state index is 0.0114. The number of hydrogen-bond donors (Lipinski definition) is 2. The lowest BCUT2D eigenvalue weighted by atomic mass is 10.3. The zero-order valence-electron chi connectivity index (χ0n) is 11.4. The summed E-state index contributed by atoms with van der Waals surface area (Å²) in [4.78, 5) is 23.0. The van der Waals surface area contributed by atoms with Crippen molar-refractivity contribution in [3.05, 3.63) is 41.7 Å². The summed E-state index contributed by atoms with van der Waals surface area (Å²) >= 11 is 2.04. The Morgan fingerprint density at radius 2 is 1.74 bits per heavy atom. The molecule has 0 radical (unpaired) electrons. The number of primary amides is 2. The Kier molecular flexibility index (Phi) is 4.04. The highest BCUT2D eigenvalue weighted by molar-refractivity contribution is 8.01. The Morgan fingerprint density at radius 3 is 2.39 bits per heavy atom. The lowest BCUT2D eigenvalue weighted by Gasteiger charge is -2.05. The number of nitrogens with two attached hydrogens (primary N) is 2. The van der Waals surface area contributed by atoms with Gasteiger partial charge in [-0.25, -0.2) is 4.68 Å². The van der Waals surface area contributed by atoms with E-state index in [1.165, 1.54) is 4.68 Å². The molecule has 2 amide bonds. The smallest absolute Gasteiger partial charge is 0.272 e. The molecule has 0 saturated carbocycles. The topological polar surface area (TPSA) is 143 Å². The van der Waals surface area contributed by atoms with Crippen LogP contribution in [0, 0.1) is 0 Å². The second-order valence-corrected chi connectivity index (χ2v) is 6.24. The number of hydrogen-bond acceptors (Lipinski definition) is 8. The van der Waals surface area contributed by atoms with Crippen molar-refractivity contribution in [3.8, 4) is 5.69 Å². The van der Waals surface area contributed by atoms with Crippen molar-refractivity contribution in [2.45, 2.75) is 9.24 Å². The van der Waals surface area contributed by atoms with Gasteiger partial charge in [0.25, 0.3) is 11.8 Å². The quantitative estimate of drug-likeness (QED) is 0.682. The third-order valence-corrected chi connectivity index (χ3v) is 4.68. The number of carbonyl (C=O) groups is 2. The number of rotatable bonds is 5. The third-order valence-electron chi connectivity index (χ3n) is 2.74. The van der Waals surface area contributed by atoms with Crippen LogP contribution in [0.4, 0.5) is 0 Å². The van der Waals surface area contributed by atoms with Crippen molar-refractivity contribution in [2.75, 3.05) is 0 Å². The van der Waals surface area contributed by atoms with E-state index >= 15 is 0 Å². The highest BCUT2D eigenvalue weighted by Gasteiger charge is 2.23. The highest BCUT2D eigenvalue weighted by Crippen LogP contribution is 2.34. The lowest BCUT2D eigenvalue weighted by Crippen LogP contribution is -2.14. The van der Waals surface area contributed by atoms with E-state index in [0.717, 1.165) is 23.3 Å². The van der Waals surface area contributed by atoms with Crippen LogP contribution in [0.25, 0.3) is 5.69 Å². The molecule has 0 aliphatic rings. The van der Waals surface area contributed by atoms with Crippen molar-refractivity contribution in [2.24, 2.45) is 11.5 Å². The summed E-state index contributed by atoms with van der Waals surface area (Å²) in [6, 6.07) is 9.07. The number of carbonyl (C=O) groups excluding carboxylic acids is 2. The molecule has 23 heavy (non-hydrogen) atoms. The van der Waals surface area contributed by atoms with Gasteiger partial charge in [-0.05, 0) is 23.7 Å². The van der Waals surface area contributed by atoms with Crippen LogP contribution in [-0.4, -0.2) is 36.4 Å². The Morgan fingerprint density at radius 1 is 1.04 bits per heavy atom. The van der Waals surface area contributed by atoms with E-state index in [4.69, 9.17) is 11.5 Å². The van der Waals surface area contributed by atoms with Gasteiger partial charge in [0.2, 0.25) is 0 Å². The van der Waals surface area contributed by atoms with Crippen molar-refractivity contribution in [1.29, 1.82) is 0 Å². The van der Waals surface area contributed by atoms with Gasteiger partial charge in [0.1, 0.15) is 9.24 Å². The maximum Gasteiger partial charge on any atom is 0.272 e. The van der Waals surface area contributed by atoms with Crippen LogP contribution < -0.4 is 11.5 Å². The predicted molar refractivity (Wildman–Crippen MR) is 82.4 cm³/mol. The number of para-hydroxylation sites is 1. The third kappa shape index (κ3) is 2.91. The monoisotopic (exact) mass is 347 g/mol. The fourth-order valence-electron chi connectivity index (χ4n) is 1.74. The predicted octanol–water partition coefficient (Wildman–Crippen LogP) is 0.468. The Hall–Kier alpha value is -2.79. The summed E-state index contributed by atoms with van der Waals surface area (Å²) in [5.41, 5.74) is 11.3. The molecular formula is C12H9N7O2S2. The normalized spacial score (nSPS) is 10.6. The summed E-state index contributed by atoms with van der Waals surface area (Å²) in [5, 5.41) is 11.8. The van der Waals surface area contributed by atoms with Crippen LogP contribution in [-0.2, 0) is 0 Å². The maximum absolute atomic E-state index is 11.6. The van der Waals surface area contributed by atoms with Gasteiger partial charge in [0, 0.05) is 0 Å². The van der Waals surface area contributed by atoms with E-state index < -0.39 is 11.8 Å². The molecule has 4 N–H and O–H groups in total. The van der Waals surface area contributed by atoms with E-state index in [2.05, 4.69) is 19.9 Å². The molecule has 0 saturated heterocycles. The fourth-order valence-corrected chi connectivity index (χ4v) is 3.54. The van der Waals surface area contributed by atoms with Crippen molar-refractivity contribution in [3.63, 3.8) is 0 Å². The summed E-state index contributed by atoms with van der Waals surface area (Å²) in [7, 11) is 0. The largest absolute Gasteiger partial charge is 0.364 e. The molecule has 9 nitrogen and oxygen atoms in total. The van der Waals surface area contributed by atoms with E-state index in [1.54, 1.807) is 12.1 Å². The molecule has 3 rings (SSSR count).